The van der Waals surface area contributed by atoms with E-state index < -0.39 is 0 Å². The third-order valence-corrected chi connectivity index (χ3v) is 3.44. The van der Waals surface area contributed by atoms with E-state index in [1.165, 1.54) is 6.42 Å². The zero-order valence-corrected chi connectivity index (χ0v) is 11.0. The lowest BCUT2D eigenvalue weighted by Gasteiger charge is -2.24. The van der Waals surface area contributed by atoms with Crippen LogP contribution in [0.15, 0.2) is 0 Å². The maximum atomic E-state index is 11.6. The number of carbonyl (C=O) groups is 1. The van der Waals surface area contributed by atoms with Gasteiger partial charge in [-0.2, -0.15) is 0 Å². The lowest BCUT2D eigenvalue weighted by Crippen LogP contribution is -2.33. The second-order valence-corrected chi connectivity index (χ2v) is 5.11. The van der Waals surface area contributed by atoms with Gasteiger partial charge in [0.15, 0.2) is 0 Å². The molecule has 1 atom stereocenters. The molecule has 1 saturated carbocycles. The minimum Gasteiger partial charge on any atom is -0.309 e. The van der Waals surface area contributed by atoms with Crippen molar-refractivity contribution in [3.63, 3.8) is 0 Å². The number of rotatable bonds is 7. The van der Waals surface area contributed by atoms with E-state index in [0.717, 1.165) is 45.4 Å². The lowest BCUT2D eigenvalue weighted by molar-refractivity contribution is -0.121. The van der Waals surface area contributed by atoms with Crippen LogP contribution in [0.2, 0.25) is 0 Å². The van der Waals surface area contributed by atoms with Gasteiger partial charge < -0.3 is 9.80 Å². The molecule has 1 unspecified atom stereocenters. The average molecular weight is 226 g/mol. The van der Waals surface area contributed by atoms with Gasteiger partial charge >= 0.3 is 0 Å². The standard InChI is InChI=1S/C13H26N2O/c1-4-15(10-6-9-14(2)3)11-12-7-5-8-13(12)16/h12H,4-11H2,1-3H3. The third-order valence-electron chi connectivity index (χ3n) is 3.44. The van der Waals surface area contributed by atoms with Crippen LogP contribution in [-0.2, 0) is 4.79 Å². The van der Waals surface area contributed by atoms with Crippen LogP contribution in [0.1, 0.15) is 32.6 Å². The second-order valence-electron chi connectivity index (χ2n) is 5.11. The fraction of sp³-hybridized carbons (Fsp3) is 0.923. The molecule has 0 radical (unpaired) electrons. The molecule has 3 nitrogen and oxygen atoms in total. The Morgan fingerprint density at radius 3 is 2.56 bits per heavy atom. The van der Waals surface area contributed by atoms with Crippen molar-refractivity contribution in [1.29, 1.82) is 0 Å². The summed E-state index contributed by atoms with van der Waals surface area (Å²) >= 11 is 0. The third kappa shape index (κ3) is 4.62. The molecule has 0 saturated heterocycles. The van der Waals surface area contributed by atoms with Gasteiger partial charge in [0.1, 0.15) is 5.78 Å². The summed E-state index contributed by atoms with van der Waals surface area (Å²) in [6, 6.07) is 0. The maximum absolute atomic E-state index is 11.6. The van der Waals surface area contributed by atoms with Crippen molar-refractivity contribution in [3.8, 4) is 0 Å². The molecule has 1 aliphatic rings. The molecule has 16 heavy (non-hydrogen) atoms. The van der Waals surface area contributed by atoms with E-state index in [1.54, 1.807) is 0 Å². The molecule has 0 aromatic heterocycles. The van der Waals surface area contributed by atoms with Gasteiger partial charge in [0.05, 0.1) is 0 Å². The van der Waals surface area contributed by atoms with Crippen LogP contribution >= 0.6 is 0 Å². The van der Waals surface area contributed by atoms with Crippen LogP contribution in [-0.4, -0.2) is 55.9 Å². The van der Waals surface area contributed by atoms with Gasteiger partial charge in [0, 0.05) is 18.9 Å². The minimum absolute atomic E-state index is 0.333. The number of hydrogen-bond acceptors (Lipinski definition) is 3. The zero-order chi connectivity index (χ0) is 12.0. The smallest absolute Gasteiger partial charge is 0.137 e. The van der Waals surface area contributed by atoms with E-state index in [2.05, 4.69) is 30.8 Å². The summed E-state index contributed by atoms with van der Waals surface area (Å²) < 4.78 is 0. The van der Waals surface area contributed by atoms with Crippen molar-refractivity contribution in [1.82, 2.24) is 9.80 Å². The summed E-state index contributed by atoms with van der Waals surface area (Å²) in [5.41, 5.74) is 0. The molecule has 0 N–H and O–H groups in total. The molecule has 0 aliphatic heterocycles. The molecule has 0 aromatic carbocycles. The number of hydrogen-bond donors (Lipinski definition) is 0. The summed E-state index contributed by atoms with van der Waals surface area (Å²) in [5, 5.41) is 0. The van der Waals surface area contributed by atoms with E-state index in [-0.39, 0.29) is 0 Å². The number of carbonyl (C=O) groups excluding carboxylic acids is 1. The van der Waals surface area contributed by atoms with E-state index in [9.17, 15) is 4.79 Å². The van der Waals surface area contributed by atoms with Gasteiger partial charge in [-0.05, 0) is 53.0 Å². The van der Waals surface area contributed by atoms with Crippen LogP contribution in [0.5, 0.6) is 0 Å². The SMILES string of the molecule is CCN(CCCN(C)C)CC1CCCC1=O. The first-order valence-electron chi connectivity index (χ1n) is 6.53. The minimum atomic E-state index is 0.333. The Morgan fingerprint density at radius 2 is 2.06 bits per heavy atom. The van der Waals surface area contributed by atoms with Crippen molar-refractivity contribution in [3.05, 3.63) is 0 Å². The highest BCUT2D eigenvalue weighted by molar-refractivity contribution is 5.83. The number of Topliss-reactive ketones (excluding diaryl/α,β-unsaturated/α-hetero) is 1. The Hall–Kier alpha value is -0.410. The highest BCUT2D eigenvalue weighted by Gasteiger charge is 2.25. The highest BCUT2D eigenvalue weighted by atomic mass is 16.1. The molecule has 0 bridgehead atoms. The Balaban J connectivity index is 2.23. The van der Waals surface area contributed by atoms with Crippen molar-refractivity contribution in [2.75, 3.05) is 40.3 Å². The van der Waals surface area contributed by atoms with Crippen LogP contribution in [0.3, 0.4) is 0 Å². The van der Waals surface area contributed by atoms with Gasteiger partial charge in [0.2, 0.25) is 0 Å². The summed E-state index contributed by atoms with van der Waals surface area (Å²) in [6.07, 6.45) is 4.24. The van der Waals surface area contributed by atoms with Crippen LogP contribution in [0.4, 0.5) is 0 Å². The van der Waals surface area contributed by atoms with Gasteiger partial charge in [-0.15, -0.1) is 0 Å². The molecule has 0 amide bonds. The predicted molar refractivity (Wildman–Crippen MR) is 67.6 cm³/mol. The van der Waals surface area contributed by atoms with Gasteiger partial charge in [-0.3, -0.25) is 4.79 Å². The monoisotopic (exact) mass is 226 g/mol. The highest BCUT2D eigenvalue weighted by Crippen LogP contribution is 2.22. The largest absolute Gasteiger partial charge is 0.309 e. The molecular formula is C13H26N2O. The Labute approximate surface area is 99.8 Å². The summed E-state index contributed by atoms with van der Waals surface area (Å²) in [4.78, 5) is 16.2. The molecule has 0 heterocycles. The number of ketones is 1. The van der Waals surface area contributed by atoms with Gasteiger partial charge in [-0.1, -0.05) is 6.92 Å². The van der Waals surface area contributed by atoms with Gasteiger partial charge in [-0.25, -0.2) is 0 Å². The zero-order valence-electron chi connectivity index (χ0n) is 11.0. The molecule has 94 valence electrons. The molecular weight excluding hydrogens is 200 g/mol. The summed E-state index contributed by atoms with van der Waals surface area (Å²) in [6.45, 7) is 6.50. The Morgan fingerprint density at radius 1 is 1.31 bits per heavy atom. The summed E-state index contributed by atoms with van der Waals surface area (Å²) in [5.74, 6) is 0.824. The van der Waals surface area contributed by atoms with Crippen molar-refractivity contribution >= 4 is 5.78 Å². The van der Waals surface area contributed by atoms with Crippen LogP contribution in [0.25, 0.3) is 0 Å². The number of nitrogens with zero attached hydrogens (tertiary/aromatic N) is 2. The molecule has 0 spiro atoms. The summed E-state index contributed by atoms with van der Waals surface area (Å²) in [7, 11) is 4.22. The molecule has 1 aliphatic carbocycles. The van der Waals surface area contributed by atoms with E-state index in [4.69, 9.17) is 0 Å². The molecule has 0 aromatic rings. The molecule has 1 fully saturated rings. The Kier molecular flexibility index (Phi) is 5.99. The Bertz CT molecular complexity index is 216. The normalized spacial score (nSPS) is 21.3. The average Bonchev–Trinajstić information content (AvgIpc) is 2.62. The first kappa shape index (κ1) is 13.7. The van der Waals surface area contributed by atoms with Crippen molar-refractivity contribution in [2.24, 2.45) is 5.92 Å². The fourth-order valence-electron chi connectivity index (χ4n) is 2.38. The maximum Gasteiger partial charge on any atom is 0.137 e. The van der Waals surface area contributed by atoms with Gasteiger partial charge in [0.25, 0.3) is 0 Å². The first-order chi connectivity index (χ1) is 7.63. The first-order valence-corrected chi connectivity index (χ1v) is 6.53. The van der Waals surface area contributed by atoms with Crippen molar-refractivity contribution < 1.29 is 4.79 Å². The fourth-order valence-corrected chi connectivity index (χ4v) is 2.38. The second kappa shape index (κ2) is 7.02. The van der Waals surface area contributed by atoms with Crippen LogP contribution < -0.4 is 0 Å². The molecule has 3 heteroatoms. The van der Waals surface area contributed by atoms with Crippen LogP contribution in [0, 0.1) is 5.92 Å². The molecule has 1 rings (SSSR count). The van der Waals surface area contributed by atoms with E-state index >= 15 is 0 Å². The van der Waals surface area contributed by atoms with E-state index in [1.807, 2.05) is 0 Å². The lowest BCUT2D eigenvalue weighted by atomic mass is 10.1. The quantitative estimate of drug-likeness (QED) is 0.659. The topological polar surface area (TPSA) is 23.6 Å². The predicted octanol–water partition coefficient (Wildman–Crippen LogP) is 1.63. The van der Waals surface area contributed by atoms with Crippen molar-refractivity contribution in [2.45, 2.75) is 32.6 Å². The van der Waals surface area contributed by atoms with E-state index in [0.29, 0.717) is 11.7 Å².